The molecule has 0 saturated carbocycles. The second-order valence-corrected chi connectivity index (χ2v) is 4.96. The van der Waals surface area contributed by atoms with Crippen LogP contribution in [0.2, 0.25) is 10.0 Å². The van der Waals surface area contributed by atoms with Crippen molar-refractivity contribution in [3.8, 4) is 11.8 Å². The fourth-order valence-corrected chi connectivity index (χ4v) is 2.17. The quantitative estimate of drug-likeness (QED) is 0.905. The van der Waals surface area contributed by atoms with E-state index in [1.807, 2.05) is 0 Å². The van der Waals surface area contributed by atoms with E-state index in [2.05, 4.69) is 11.4 Å². The van der Waals surface area contributed by atoms with Crippen LogP contribution in [0, 0.1) is 11.3 Å². The van der Waals surface area contributed by atoms with E-state index in [4.69, 9.17) is 33.2 Å². The van der Waals surface area contributed by atoms with E-state index in [0.717, 1.165) is 17.0 Å². The molecule has 0 unspecified atom stereocenters. The fourth-order valence-electron chi connectivity index (χ4n) is 1.81. The molecule has 0 radical (unpaired) electrons. The van der Waals surface area contributed by atoms with Crippen molar-refractivity contribution in [2.45, 2.75) is 6.54 Å². The van der Waals surface area contributed by atoms with Crippen LogP contribution < -0.4 is 10.1 Å². The average molecular weight is 307 g/mol. The van der Waals surface area contributed by atoms with Crippen molar-refractivity contribution in [2.24, 2.45) is 0 Å². The molecule has 0 bridgehead atoms. The highest BCUT2D eigenvalue weighted by Gasteiger charge is 2.06. The molecule has 0 amide bonds. The molecule has 20 heavy (non-hydrogen) atoms. The van der Waals surface area contributed by atoms with Gasteiger partial charge < -0.3 is 10.1 Å². The van der Waals surface area contributed by atoms with Crippen molar-refractivity contribution in [2.75, 3.05) is 12.4 Å². The lowest BCUT2D eigenvalue weighted by atomic mass is 10.1. The van der Waals surface area contributed by atoms with E-state index < -0.39 is 0 Å². The Kier molecular flexibility index (Phi) is 4.73. The molecule has 102 valence electrons. The molecule has 0 atom stereocenters. The first-order chi connectivity index (χ1) is 9.63. The van der Waals surface area contributed by atoms with E-state index in [1.54, 1.807) is 43.5 Å². The number of halogens is 2. The molecule has 0 aliphatic carbocycles. The number of ether oxygens (including phenoxy) is 1. The minimum absolute atomic E-state index is 0.485. The number of anilines is 1. The van der Waals surface area contributed by atoms with Crippen LogP contribution in [-0.4, -0.2) is 7.11 Å². The number of hydrogen-bond donors (Lipinski definition) is 1. The predicted molar refractivity (Wildman–Crippen MR) is 81.5 cm³/mol. The first kappa shape index (κ1) is 14.5. The van der Waals surface area contributed by atoms with Gasteiger partial charge in [-0.25, -0.2) is 0 Å². The Bertz CT molecular complexity index is 665. The van der Waals surface area contributed by atoms with Gasteiger partial charge in [-0.3, -0.25) is 0 Å². The van der Waals surface area contributed by atoms with Gasteiger partial charge in [0, 0.05) is 17.1 Å². The van der Waals surface area contributed by atoms with Gasteiger partial charge in [-0.05, 0) is 36.4 Å². The highest BCUT2D eigenvalue weighted by atomic mass is 35.5. The van der Waals surface area contributed by atoms with Crippen LogP contribution in [-0.2, 0) is 6.54 Å². The summed E-state index contributed by atoms with van der Waals surface area (Å²) in [5.74, 6) is 0.717. The van der Waals surface area contributed by atoms with Crippen molar-refractivity contribution >= 4 is 28.9 Å². The number of nitriles is 1. The molecule has 2 rings (SSSR count). The largest absolute Gasteiger partial charge is 0.496 e. The SMILES string of the molecule is COc1ccc(C#N)cc1CNc1cc(Cl)ccc1Cl. The molecule has 2 aromatic rings. The minimum Gasteiger partial charge on any atom is -0.496 e. The Morgan fingerprint density at radius 2 is 2.00 bits per heavy atom. The Morgan fingerprint density at radius 1 is 1.20 bits per heavy atom. The van der Waals surface area contributed by atoms with Gasteiger partial charge in [-0.15, -0.1) is 0 Å². The summed E-state index contributed by atoms with van der Waals surface area (Å²) in [6, 6.07) is 12.6. The molecule has 0 fully saturated rings. The second kappa shape index (κ2) is 6.51. The first-order valence-electron chi connectivity index (χ1n) is 5.90. The number of methoxy groups -OCH3 is 1. The van der Waals surface area contributed by atoms with Crippen LogP contribution in [0.1, 0.15) is 11.1 Å². The molecule has 3 nitrogen and oxygen atoms in total. The molecular weight excluding hydrogens is 295 g/mol. The van der Waals surface area contributed by atoms with Gasteiger partial charge in [0.2, 0.25) is 0 Å². The molecule has 1 N–H and O–H groups in total. The van der Waals surface area contributed by atoms with Crippen molar-refractivity contribution in [1.29, 1.82) is 5.26 Å². The van der Waals surface area contributed by atoms with Crippen LogP contribution in [0.4, 0.5) is 5.69 Å². The predicted octanol–water partition coefficient (Wildman–Crippen LogP) is 4.49. The lowest BCUT2D eigenvalue weighted by Gasteiger charge is -2.12. The summed E-state index contributed by atoms with van der Waals surface area (Å²) in [4.78, 5) is 0. The van der Waals surface area contributed by atoms with Gasteiger partial charge in [0.25, 0.3) is 0 Å². The maximum Gasteiger partial charge on any atom is 0.123 e. The maximum atomic E-state index is 8.94. The molecule has 0 heterocycles. The summed E-state index contributed by atoms with van der Waals surface area (Å²) in [5, 5.41) is 13.3. The van der Waals surface area contributed by atoms with Crippen LogP contribution in [0.25, 0.3) is 0 Å². The Balaban J connectivity index is 2.22. The third-order valence-electron chi connectivity index (χ3n) is 2.81. The minimum atomic E-state index is 0.485. The number of hydrogen-bond acceptors (Lipinski definition) is 3. The monoisotopic (exact) mass is 306 g/mol. The van der Waals surface area contributed by atoms with E-state index in [9.17, 15) is 0 Å². The Morgan fingerprint density at radius 3 is 2.70 bits per heavy atom. The molecule has 2 aromatic carbocycles. The van der Waals surface area contributed by atoms with Crippen LogP contribution in [0.15, 0.2) is 36.4 Å². The smallest absolute Gasteiger partial charge is 0.123 e. The van der Waals surface area contributed by atoms with Gasteiger partial charge in [0.05, 0.1) is 29.5 Å². The third-order valence-corrected chi connectivity index (χ3v) is 3.37. The van der Waals surface area contributed by atoms with Crippen LogP contribution in [0.3, 0.4) is 0 Å². The average Bonchev–Trinajstić information content (AvgIpc) is 2.47. The highest BCUT2D eigenvalue weighted by molar-refractivity contribution is 6.35. The molecule has 0 saturated heterocycles. The topological polar surface area (TPSA) is 45.0 Å². The summed E-state index contributed by atoms with van der Waals surface area (Å²) in [6.45, 7) is 0.485. The third kappa shape index (κ3) is 3.36. The van der Waals surface area contributed by atoms with Gasteiger partial charge in [0.15, 0.2) is 0 Å². The lowest BCUT2D eigenvalue weighted by molar-refractivity contribution is 0.410. The fraction of sp³-hybridized carbons (Fsp3) is 0.133. The van der Waals surface area contributed by atoms with Gasteiger partial charge >= 0.3 is 0 Å². The Labute approximate surface area is 127 Å². The van der Waals surface area contributed by atoms with Crippen LogP contribution >= 0.6 is 23.2 Å². The number of nitrogens with one attached hydrogen (secondary N) is 1. The normalized spacial score (nSPS) is 9.90. The summed E-state index contributed by atoms with van der Waals surface area (Å²) in [5.41, 5.74) is 2.20. The zero-order valence-electron chi connectivity index (χ0n) is 10.8. The second-order valence-electron chi connectivity index (χ2n) is 4.12. The Hall–Kier alpha value is -1.89. The molecule has 0 spiro atoms. The van der Waals surface area contributed by atoms with Gasteiger partial charge in [0.1, 0.15) is 5.75 Å². The standard InChI is InChI=1S/C15H12Cl2N2O/c1-20-15-5-2-10(8-18)6-11(15)9-19-14-7-12(16)3-4-13(14)17/h2-7,19H,9H2,1H3. The molecular formula is C15H12Cl2N2O. The van der Waals surface area contributed by atoms with E-state index in [0.29, 0.717) is 22.2 Å². The zero-order valence-corrected chi connectivity index (χ0v) is 12.3. The summed E-state index contributed by atoms with van der Waals surface area (Å²) < 4.78 is 5.28. The lowest BCUT2D eigenvalue weighted by Crippen LogP contribution is -2.02. The van der Waals surface area contributed by atoms with Crippen molar-refractivity contribution in [1.82, 2.24) is 0 Å². The van der Waals surface area contributed by atoms with Crippen molar-refractivity contribution in [3.05, 3.63) is 57.6 Å². The summed E-state index contributed by atoms with van der Waals surface area (Å²) in [7, 11) is 1.59. The number of nitrogens with zero attached hydrogens (tertiary/aromatic N) is 1. The van der Waals surface area contributed by atoms with Gasteiger partial charge in [-0.2, -0.15) is 5.26 Å². The number of rotatable bonds is 4. The van der Waals surface area contributed by atoms with Crippen LogP contribution in [0.5, 0.6) is 5.75 Å². The van der Waals surface area contributed by atoms with E-state index in [1.165, 1.54) is 0 Å². The van der Waals surface area contributed by atoms with Crippen molar-refractivity contribution in [3.63, 3.8) is 0 Å². The molecule has 0 aliphatic rings. The molecule has 0 aromatic heterocycles. The van der Waals surface area contributed by atoms with Gasteiger partial charge in [-0.1, -0.05) is 23.2 Å². The molecule has 5 heteroatoms. The maximum absolute atomic E-state index is 8.94. The zero-order chi connectivity index (χ0) is 14.5. The van der Waals surface area contributed by atoms with E-state index >= 15 is 0 Å². The summed E-state index contributed by atoms with van der Waals surface area (Å²) >= 11 is 12.0. The summed E-state index contributed by atoms with van der Waals surface area (Å²) in [6.07, 6.45) is 0. The number of benzene rings is 2. The highest BCUT2D eigenvalue weighted by Crippen LogP contribution is 2.27. The first-order valence-corrected chi connectivity index (χ1v) is 6.65. The van der Waals surface area contributed by atoms with E-state index in [-0.39, 0.29) is 0 Å². The molecule has 0 aliphatic heterocycles. The van der Waals surface area contributed by atoms with Crippen molar-refractivity contribution < 1.29 is 4.74 Å².